The maximum absolute atomic E-state index is 11.9. The third kappa shape index (κ3) is 2.95. The molecule has 0 aliphatic carbocycles. The zero-order valence-corrected chi connectivity index (χ0v) is 16.6. The van der Waals surface area contributed by atoms with Gasteiger partial charge in [0.2, 0.25) is 5.82 Å². The molecule has 2 aliphatic rings. The number of halogens is 1. The second-order valence-electron chi connectivity index (χ2n) is 7.28. The summed E-state index contributed by atoms with van der Waals surface area (Å²) in [5.41, 5.74) is 4.34. The van der Waals surface area contributed by atoms with Gasteiger partial charge in [-0.05, 0) is 44.1 Å². The normalized spacial score (nSPS) is 17.0. The quantitative estimate of drug-likeness (QED) is 0.518. The van der Waals surface area contributed by atoms with E-state index in [2.05, 4.69) is 31.1 Å². The largest absolute Gasteiger partial charge is 0.318 e. The summed E-state index contributed by atoms with van der Waals surface area (Å²) >= 11 is 5.93. The van der Waals surface area contributed by atoms with Gasteiger partial charge in [0.15, 0.2) is 5.94 Å². The maximum Gasteiger partial charge on any atom is 0.200 e. The van der Waals surface area contributed by atoms with Crippen LogP contribution in [0.5, 0.6) is 0 Å². The molecule has 0 atom stereocenters. The lowest BCUT2D eigenvalue weighted by Crippen LogP contribution is -2.43. The number of fused-ring (bicyclic) bond motifs is 3. The van der Waals surface area contributed by atoms with Crippen LogP contribution < -0.4 is 15.1 Å². The minimum atomic E-state index is 0.232. The van der Waals surface area contributed by atoms with Crippen LogP contribution in [0.4, 0.5) is 11.4 Å². The number of nitrogens with one attached hydrogen (secondary N) is 1. The van der Waals surface area contributed by atoms with Crippen molar-refractivity contribution in [2.24, 2.45) is 0 Å². The molecule has 7 nitrogen and oxygen atoms in total. The first-order valence-corrected chi connectivity index (χ1v) is 9.94. The lowest BCUT2D eigenvalue weighted by Gasteiger charge is -2.33. The standard InChI is InChI=1S/C21H19ClN6O/c1-27-18-11-25-17-10-24-16(13-2-3-19(22)26-9-13)8-15(17)21(18)28(20(27)12-29)14-4-6-23-7-5-14/h2-3,8-11,14,23H,4-7H2,1H3. The van der Waals surface area contributed by atoms with Gasteiger partial charge in [-0.2, -0.15) is 0 Å². The number of pyridine rings is 3. The summed E-state index contributed by atoms with van der Waals surface area (Å²) in [6.07, 6.45) is 7.20. The van der Waals surface area contributed by atoms with Crippen molar-refractivity contribution in [2.75, 3.05) is 29.9 Å². The Kier molecular flexibility index (Phi) is 4.43. The molecule has 5 rings (SSSR count). The zero-order valence-electron chi connectivity index (χ0n) is 15.9. The molecule has 0 saturated carbocycles. The molecule has 0 aromatic carbocycles. The van der Waals surface area contributed by atoms with E-state index in [4.69, 9.17) is 11.6 Å². The van der Waals surface area contributed by atoms with Crippen LogP contribution in [0.2, 0.25) is 5.15 Å². The molecule has 3 aromatic heterocycles. The summed E-state index contributed by atoms with van der Waals surface area (Å²) in [6.45, 7) is 1.86. The van der Waals surface area contributed by atoms with Crippen LogP contribution in [0.3, 0.4) is 0 Å². The van der Waals surface area contributed by atoms with Gasteiger partial charge in [-0.1, -0.05) is 11.6 Å². The van der Waals surface area contributed by atoms with Gasteiger partial charge in [-0.3, -0.25) is 9.97 Å². The van der Waals surface area contributed by atoms with Gasteiger partial charge in [-0.25, -0.2) is 9.78 Å². The highest BCUT2D eigenvalue weighted by atomic mass is 35.5. The van der Waals surface area contributed by atoms with Crippen LogP contribution in [-0.2, 0) is 4.79 Å². The fourth-order valence-corrected chi connectivity index (χ4v) is 4.29. The van der Waals surface area contributed by atoms with Crippen LogP contribution in [-0.4, -0.2) is 47.1 Å². The van der Waals surface area contributed by atoms with Gasteiger partial charge in [0.25, 0.3) is 0 Å². The van der Waals surface area contributed by atoms with E-state index in [1.165, 1.54) is 0 Å². The van der Waals surface area contributed by atoms with Crippen LogP contribution in [0.15, 0.2) is 42.6 Å². The molecule has 0 amide bonds. The molecule has 0 unspecified atom stereocenters. The Labute approximate surface area is 173 Å². The van der Waals surface area contributed by atoms with Crippen molar-refractivity contribution in [3.8, 4) is 11.3 Å². The summed E-state index contributed by atoms with van der Waals surface area (Å²) in [4.78, 5) is 29.2. The third-order valence-corrected chi connectivity index (χ3v) is 5.87. The predicted molar refractivity (Wildman–Crippen MR) is 114 cm³/mol. The van der Waals surface area contributed by atoms with Crippen molar-refractivity contribution in [3.63, 3.8) is 0 Å². The summed E-state index contributed by atoms with van der Waals surface area (Å²) in [6, 6.07) is 5.89. The fourth-order valence-electron chi connectivity index (χ4n) is 4.17. The van der Waals surface area contributed by atoms with Crippen LogP contribution >= 0.6 is 11.6 Å². The summed E-state index contributed by atoms with van der Waals surface area (Å²) in [7, 11) is 1.89. The van der Waals surface area contributed by atoms with E-state index in [0.29, 0.717) is 11.0 Å². The Hall–Kier alpha value is -2.99. The highest BCUT2D eigenvalue weighted by molar-refractivity contribution is 6.29. The Morgan fingerprint density at radius 1 is 1.14 bits per heavy atom. The van der Waals surface area contributed by atoms with E-state index in [1.54, 1.807) is 24.7 Å². The van der Waals surface area contributed by atoms with E-state index in [9.17, 15) is 4.79 Å². The first-order chi connectivity index (χ1) is 14.2. The number of hydrogen-bond acceptors (Lipinski definition) is 7. The number of piperidine rings is 1. The van der Waals surface area contributed by atoms with Crippen LogP contribution in [0.25, 0.3) is 22.2 Å². The lowest BCUT2D eigenvalue weighted by atomic mass is 10.0. The van der Waals surface area contributed by atoms with E-state index >= 15 is 0 Å². The molecule has 146 valence electrons. The summed E-state index contributed by atoms with van der Waals surface area (Å²) < 4.78 is 0. The monoisotopic (exact) mass is 406 g/mol. The number of nitrogens with zero attached hydrogens (tertiary/aromatic N) is 5. The summed E-state index contributed by atoms with van der Waals surface area (Å²) in [5.74, 6) is 2.69. The predicted octanol–water partition coefficient (Wildman–Crippen LogP) is 3.03. The number of carbonyl (C=O) groups excluding carboxylic acids is 1. The first-order valence-electron chi connectivity index (χ1n) is 9.57. The average Bonchev–Trinajstić information content (AvgIpc) is 3.06. The van der Waals surface area contributed by atoms with E-state index in [-0.39, 0.29) is 6.04 Å². The van der Waals surface area contributed by atoms with Gasteiger partial charge >= 0.3 is 0 Å². The Bertz CT molecular complexity index is 1140. The molecule has 1 saturated heterocycles. The summed E-state index contributed by atoms with van der Waals surface area (Å²) in [5, 5.41) is 4.79. The van der Waals surface area contributed by atoms with Crippen LogP contribution in [0, 0.1) is 0 Å². The Balaban J connectivity index is 1.71. The minimum Gasteiger partial charge on any atom is -0.318 e. The average molecular weight is 407 g/mol. The second-order valence-corrected chi connectivity index (χ2v) is 7.67. The van der Waals surface area contributed by atoms with Crippen molar-refractivity contribution >= 4 is 39.8 Å². The third-order valence-electron chi connectivity index (χ3n) is 5.64. The molecule has 8 heteroatoms. The number of hydrogen-bond donors (Lipinski definition) is 1. The van der Waals surface area contributed by atoms with Crippen molar-refractivity contribution in [3.05, 3.63) is 47.8 Å². The number of aromatic nitrogens is 3. The smallest absolute Gasteiger partial charge is 0.200 e. The molecule has 1 fully saturated rings. The number of rotatable bonds is 2. The maximum atomic E-state index is 11.9. The second kappa shape index (κ2) is 7.12. The first kappa shape index (κ1) is 18.1. The SMILES string of the molecule is CN1C(=C=O)N(C2CCNCC2)c2c1cnc1cnc(-c3ccc(Cl)nc3)cc21. The lowest BCUT2D eigenvalue weighted by molar-refractivity contribution is 0.446. The number of anilines is 2. The fraction of sp³-hybridized carbons (Fsp3) is 0.286. The Morgan fingerprint density at radius 3 is 2.69 bits per heavy atom. The van der Waals surface area contributed by atoms with Gasteiger partial charge in [-0.15, -0.1) is 0 Å². The van der Waals surface area contributed by atoms with Crippen molar-refractivity contribution in [1.82, 2.24) is 20.3 Å². The molecule has 3 aromatic rings. The molecular formula is C21H19ClN6O. The van der Waals surface area contributed by atoms with E-state index in [0.717, 1.165) is 59.5 Å². The molecule has 5 heterocycles. The van der Waals surface area contributed by atoms with Gasteiger partial charge in [0, 0.05) is 30.2 Å². The highest BCUT2D eigenvalue weighted by Crippen LogP contribution is 2.46. The molecule has 0 radical (unpaired) electrons. The van der Waals surface area contributed by atoms with E-state index in [1.807, 2.05) is 24.1 Å². The van der Waals surface area contributed by atoms with Gasteiger partial charge in [0.1, 0.15) is 5.15 Å². The molecular weight excluding hydrogens is 388 g/mol. The van der Waals surface area contributed by atoms with Crippen molar-refractivity contribution in [2.45, 2.75) is 18.9 Å². The van der Waals surface area contributed by atoms with Gasteiger partial charge in [0.05, 0.1) is 35.0 Å². The minimum absolute atomic E-state index is 0.232. The molecule has 29 heavy (non-hydrogen) atoms. The van der Waals surface area contributed by atoms with Crippen molar-refractivity contribution in [1.29, 1.82) is 0 Å². The Morgan fingerprint density at radius 2 is 1.97 bits per heavy atom. The topological polar surface area (TPSA) is 74.2 Å². The zero-order chi connectivity index (χ0) is 20.0. The highest BCUT2D eigenvalue weighted by Gasteiger charge is 2.37. The molecule has 1 N–H and O–H groups in total. The van der Waals surface area contributed by atoms with Crippen LogP contribution in [0.1, 0.15) is 12.8 Å². The molecule has 2 aliphatic heterocycles. The molecule has 0 spiro atoms. The van der Waals surface area contributed by atoms with Gasteiger partial charge < -0.3 is 15.1 Å². The van der Waals surface area contributed by atoms with E-state index < -0.39 is 0 Å². The molecule has 0 bridgehead atoms. The van der Waals surface area contributed by atoms with Crippen molar-refractivity contribution < 1.29 is 4.79 Å².